The minimum absolute atomic E-state index is 0.0987. The summed E-state index contributed by atoms with van der Waals surface area (Å²) in [7, 11) is 0. The molecule has 0 heterocycles. The Kier molecular flexibility index (Phi) is 9.46. The van der Waals surface area contributed by atoms with Crippen molar-refractivity contribution in [2.45, 2.75) is 50.4 Å². The van der Waals surface area contributed by atoms with E-state index in [4.69, 9.17) is 9.84 Å². The third-order valence-electron chi connectivity index (χ3n) is 6.09. The lowest BCUT2D eigenvalue weighted by molar-refractivity contribution is -0.138. The number of benzene rings is 2. The van der Waals surface area contributed by atoms with Crippen molar-refractivity contribution in [1.82, 2.24) is 10.6 Å². The van der Waals surface area contributed by atoms with Gasteiger partial charge >= 0.3 is 12.1 Å². The smallest absolute Gasteiger partial charge is 0.407 e. The van der Waals surface area contributed by atoms with Gasteiger partial charge < -0.3 is 25.3 Å². The summed E-state index contributed by atoms with van der Waals surface area (Å²) in [5.74, 6) is -2.30. The molecule has 0 bridgehead atoms. The second-order valence-corrected chi connectivity index (χ2v) is 10.5. The van der Waals surface area contributed by atoms with Crippen molar-refractivity contribution in [3.8, 4) is 11.1 Å². The van der Waals surface area contributed by atoms with Crippen LogP contribution >= 0.6 is 11.8 Å². The van der Waals surface area contributed by atoms with Crippen LogP contribution in [0.15, 0.2) is 48.5 Å². The number of thioether (sulfide) groups is 1. The van der Waals surface area contributed by atoms with Crippen LogP contribution in [0.1, 0.15) is 44.2 Å². The highest BCUT2D eigenvalue weighted by molar-refractivity contribution is 8.14. The van der Waals surface area contributed by atoms with Crippen LogP contribution in [0.3, 0.4) is 0 Å². The molecular weight excluding hydrogens is 496 g/mol. The van der Waals surface area contributed by atoms with Gasteiger partial charge in [-0.1, -0.05) is 74.1 Å². The molecule has 3 atom stereocenters. The monoisotopic (exact) mass is 526 g/mol. The normalized spacial score (nSPS) is 14.6. The lowest BCUT2D eigenvalue weighted by Gasteiger charge is -2.23. The van der Waals surface area contributed by atoms with Gasteiger partial charge in [0.15, 0.2) is 0 Å². The fourth-order valence-corrected chi connectivity index (χ4v) is 5.19. The first-order valence-electron chi connectivity index (χ1n) is 11.9. The number of fused-ring (bicyclic) bond motifs is 3. The van der Waals surface area contributed by atoms with Crippen LogP contribution < -0.4 is 10.6 Å². The van der Waals surface area contributed by atoms with E-state index in [-0.39, 0.29) is 18.4 Å². The van der Waals surface area contributed by atoms with Gasteiger partial charge in [-0.25, -0.2) is 4.79 Å². The van der Waals surface area contributed by atoms with Crippen molar-refractivity contribution in [2.75, 3.05) is 6.61 Å². The van der Waals surface area contributed by atoms with Gasteiger partial charge in [0.2, 0.25) is 11.0 Å². The lowest BCUT2D eigenvalue weighted by atomic mass is 9.98. The van der Waals surface area contributed by atoms with E-state index in [9.17, 15) is 24.0 Å². The van der Waals surface area contributed by atoms with Crippen molar-refractivity contribution in [1.29, 1.82) is 0 Å². The maximum Gasteiger partial charge on any atom is 0.407 e. The summed E-state index contributed by atoms with van der Waals surface area (Å²) < 4.78 is 5.54. The molecule has 1 aliphatic rings. The molecule has 0 saturated heterocycles. The molecule has 0 aliphatic heterocycles. The number of rotatable bonds is 11. The summed E-state index contributed by atoms with van der Waals surface area (Å²) in [5.41, 5.74) is 4.34. The quantitative estimate of drug-likeness (QED) is 0.379. The van der Waals surface area contributed by atoms with Crippen molar-refractivity contribution >= 4 is 41.1 Å². The average molecular weight is 527 g/mol. The van der Waals surface area contributed by atoms with Crippen molar-refractivity contribution < 1.29 is 33.8 Å². The molecule has 0 radical (unpaired) electrons. The number of aldehydes is 1. The number of alkyl carbamates (subject to hydrolysis) is 1. The highest BCUT2D eigenvalue weighted by Crippen LogP contribution is 2.44. The van der Waals surface area contributed by atoms with E-state index >= 15 is 0 Å². The molecule has 10 heteroatoms. The molecule has 3 N–H and O–H groups in total. The number of carboxylic acid groups (broad SMARTS) is 1. The van der Waals surface area contributed by atoms with E-state index in [1.54, 1.807) is 13.8 Å². The third-order valence-corrected chi connectivity index (χ3v) is 7.14. The maximum absolute atomic E-state index is 12.9. The van der Waals surface area contributed by atoms with Crippen LogP contribution in [0.2, 0.25) is 0 Å². The molecule has 1 aliphatic carbocycles. The number of nitrogens with one attached hydrogen (secondary N) is 2. The Bertz CT molecular complexity index is 1140. The van der Waals surface area contributed by atoms with Crippen LogP contribution in [0, 0.1) is 5.92 Å². The van der Waals surface area contributed by atoms with Crippen molar-refractivity contribution in [2.24, 2.45) is 5.92 Å². The Morgan fingerprint density at radius 2 is 1.54 bits per heavy atom. The minimum atomic E-state index is -1.24. The Morgan fingerprint density at radius 1 is 0.973 bits per heavy atom. The number of amides is 2. The van der Waals surface area contributed by atoms with Gasteiger partial charge in [0.05, 0.1) is 17.7 Å². The molecule has 9 nitrogen and oxygen atoms in total. The fraction of sp³-hybridized carbons (Fsp3) is 0.370. The second-order valence-electron chi connectivity index (χ2n) is 9.12. The van der Waals surface area contributed by atoms with E-state index in [2.05, 4.69) is 10.6 Å². The Morgan fingerprint density at radius 3 is 2.05 bits per heavy atom. The van der Waals surface area contributed by atoms with Gasteiger partial charge in [0.25, 0.3) is 0 Å². The highest BCUT2D eigenvalue weighted by Gasteiger charge is 2.32. The SMILES string of the molecule is CC(SC(=O)[C@@H](NC(=O)OCC1c2ccccc2-c2ccccc21)C(C)C)C(=O)NC(C=O)CC(=O)O. The van der Waals surface area contributed by atoms with Crippen LogP contribution in [-0.2, 0) is 23.9 Å². The summed E-state index contributed by atoms with van der Waals surface area (Å²) in [5, 5.41) is 12.4. The van der Waals surface area contributed by atoms with E-state index in [1.165, 1.54) is 6.92 Å². The summed E-state index contributed by atoms with van der Waals surface area (Å²) in [4.78, 5) is 59.8. The number of ether oxygens (including phenoxy) is 1. The standard InChI is InChI=1S/C27H30N2O7S/c1-15(2)24(26(34)37-16(3)25(33)28-17(13-30)12-23(31)32)29-27(35)36-14-22-20-10-6-4-8-18(20)19-9-5-7-11-21(19)22/h4-11,13,15-17,22,24H,12,14H2,1-3H3,(H,28,33)(H,29,35)(H,31,32)/t16?,17?,24-/m0/s1. The molecule has 2 unspecified atom stereocenters. The zero-order valence-corrected chi connectivity index (χ0v) is 21.6. The number of carbonyl (C=O) groups is 5. The van der Waals surface area contributed by atoms with Crippen LogP contribution in [0.5, 0.6) is 0 Å². The van der Waals surface area contributed by atoms with Gasteiger partial charge in [-0.15, -0.1) is 0 Å². The average Bonchev–Trinajstić information content (AvgIpc) is 3.18. The van der Waals surface area contributed by atoms with Gasteiger partial charge in [0.1, 0.15) is 18.9 Å². The van der Waals surface area contributed by atoms with Crippen LogP contribution in [-0.4, -0.2) is 58.4 Å². The van der Waals surface area contributed by atoms with Gasteiger partial charge in [-0.3, -0.25) is 14.4 Å². The summed E-state index contributed by atoms with van der Waals surface area (Å²) in [6.45, 7) is 5.08. The predicted octanol–water partition coefficient (Wildman–Crippen LogP) is 3.36. The van der Waals surface area contributed by atoms with Crippen LogP contribution in [0.25, 0.3) is 11.1 Å². The van der Waals surface area contributed by atoms with Gasteiger partial charge in [0, 0.05) is 5.92 Å². The van der Waals surface area contributed by atoms with E-state index in [1.807, 2.05) is 48.5 Å². The third kappa shape index (κ3) is 6.97. The first-order valence-corrected chi connectivity index (χ1v) is 12.8. The zero-order chi connectivity index (χ0) is 27.1. The number of carbonyl (C=O) groups excluding carboxylic acids is 4. The molecule has 0 saturated carbocycles. The second kappa shape index (κ2) is 12.5. The molecule has 3 rings (SSSR count). The lowest BCUT2D eigenvalue weighted by Crippen LogP contribution is -2.46. The van der Waals surface area contributed by atoms with Crippen LogP contribution in [0.4, 0.5) is 4.79 Å². The Hall–Kier alpha value is -3.66. The molecular formula is C27H30N2O7S. The largest absolute Gasteiger partial charge is 0.481 e. The summed E-state index contributed by atoms with van der Waals surface area (Å²) >= 11 is 0.698. The van der Waals surface area contributed by atoms with Gasteiger partial charge in [-0.2, -0.15) is 0 Å². The molecule has 37 heavy (non-hydrogen) atoms. The number of aliphatic carboxylic acids is 1. The molecule has 2 amide bonds. The summed E-state index contributed by atoms with van der Waals surface area (Å²) in [6, 6.07) is 13.8. The zero-order valence-electron chi connectivity index (χ0n) is 20.8. The molecule has 0 fully saturated rings. The molecule has 0 spiro atoms. The molecule has 2 aromatic carbocycles. The first-order chi connectivity index (χ1) is 17.6. The number of hydrogen-bond acceptors (Lipinski definition) is 7. The first kappa shape index (κ1) is 27.9. The number of carboxylic acids is 1. The molecule has 2 aromatic rings. The minimum Gasteiger partial charge on any atom is -0.481 e. The summed E-state index contributed by atoms with van der Waals surface area (Å²) in [6.07, 6.45) is -0.964. The van der Waals surface area contributed by atoms with E-state index < -0.39 is 46.8 Å². The number of hydrogen-bond donors (Lipinski definition) is 3. The van der Waals surface area contributed by atoms with E-state index in [0.717, 1.165) is 22.3 Å². The van der Waals surface area contributed by atoms with Crippen molar-refractivity contribution in [3.63, 3.8) is 0 Å². The van der Waals surface area contributed by atoms with Gasteiger partial charge in [-0.05, 0) is 35.1 Å². The Labute approximate surface area is 219 Å². The predicted molar refractivity (Wildman–Crippen MR) is 139 cm³/mol. The maximum atomic E-state index is 12.9. The molecule has 196 valence electrons. The highest BCUT2D eigenvalue weighted by atomic mass is 32.2. The van der Waals surface area contributed by atoms with E-state index in [0.29, 0.717) is 18.0 Å². The van der Waals surface area contributed by atoms with Crippen molar-refractivity contribution in [3.05, 3.63) is 59.7 Å². The Balaban J connectivity index is 1.58. The fourth-order valence-electron chi connectivity index (χ4n) is 4.19. The molecule has 0 aromatic heterocycles. The topological polar surface area (TPSA) is 139 Å².